The largest absolute Gasteiger partial charge is 0.497 e. The molecule has 0 unspecified atom stereocenters. The van der Waals surface area contributed by atoms with E-state index in [1.54, 1.807) is 19.2 Å². The molecule has 7 heteroatoms. The van der Waals surface area contributed by atoms with Gasteiger partial charge in [-0.15, -0.1) is 0 Å². The molecule has 3 rings (SSSR count). The number of benzene rings is 1. The topological polar surface area (TPSA) is 90.4 Å². The van der Waals surface area contributed by atoms with Gasteiger partial charge in [0.25, 0.3) is 5.91 Å². The Labute approximate surface area is 132 Å². The van der Waals surface area contributed by atoms with Crippen LogP contribution in [0.15, 0.2) is 51.7 Å². The Bertz CT molecular complexity index is 763. The summed E-state index contributed by atoms with van der Waals surface area (Å²) >= 11 is 0. The Hall–Kier alpha value is -3.09. The van der Waals surface area contributed by atoms with Crippen LogP contribution >= 0.6 is 0 Å². The molecule has 118 valence electrons. The molecule has 0 fully saturated rings. The highest BCUT2D eigenvalue weighted by Gasteiger charge is 2.13. The van der Waals surface area contributed by atoms with Crippen LogP contribution in [0.5, 0.6) is 5.75 Å². The van der Waals surface area contributed by atoms with Gasteiger partial charge in [-0.3, -0.25) is 4.79 Å². The molecule has 0 radical (unpaired) electrons. The Morgan fingerprint density at radius 2 is 2.00 bits per heavy atom. The van der Waals surface area contributed by atoms with E-state index in [9.17, 15) is 4.79 Å². The van der Waals surface area contributed by atoms with Gasteiger partial charge < -0.3 is 19.1 Å². The maximum absolute atomic E-state index is 12.0. The van der Waals surface area contributed by atoms with Crippen LogP contribution in [-0.4, -0.2) is 23.3 Å². The highest BCUT2D eigenvalue weighted by molar-refractivity contribution is 5.91. The zero-order chi connectivity index (χ0) is 16.1. The van der Waals surface area contributed by atoms with Crippen LogP contribution in [-0.2, 0) is 13.0 Å². The summed E-state index contributed by atoms with van der Waals surface area (Å²) in [5.41, 5.74) is 2.37. The quantitative estimate of drug-likeness (QED) is 0.750. The van der Waals surface area contributed by atoms with Crippen LogP contribution < -0.4 is 10.1 Å². The summed E-state index contributed by atoms with van der Waals surface area (Å²) in [7, 11) is 1.62. The second-order valence-electron chi connectivity index (χ2n) is 4.88. The second kappa shape index (κ2) is 6.78. The van der Waals surface area contributed by atoms with Gasteiger partial charge in [0.2, 0.25) is 5.76 Å². The van der Waals surface area contributed by atoms with Crippen LogP contribution in [0.4, 0.5) is 0 Å². The molecule has 1 amide bonds. The van der Waals surface area contributed by atoms with Gasteiger partial charge in [-0.25, -0.2) is 0 Å². The number of nitrogens with zero attached hydrogens (tertiary/aromatic N) is 2. The molecule has 2 heterocycles. The third kappa shape index (κ3) is 3.76. The Morgan fingerprint density at radius 1 is 1.17 bits per heavy atom. The minimum atomic E-state index is -0.346. The van der Waals surface area contributed by atoms with Crippen molar-refractivity contribution < 1.29 is 18.6 Å². The minimum absolute atomic E-state index is 0.164. The molecule has 0 aliphatic heterocycles. The van der Waals surface area contributed by atoms with Gasteiger partial charge in [0.1, 0.15) is 17.7 Å². The number of carbonyl (C=O) groups excluding carboxylic acids is 1. The van der Waals surface area contributed by atoms with E-state index in [0.717, 1.165) is 11.3 Å². The van der Waals surface area contributed by atoms with E-state index in [0.29, 0.717) is 17.8 Å². The Morgan fingerprint density at radius 3 is 2.70 bits per heavy atom. The molecule has 3 aromatic rings. The van der Waals surface area contributed by atoms with Crippen molar-refractivity contribution >= 4 is 5.91 Å². The molecule has 0 saturated carbocycles. The number of methoxy groups -OCH3 is 1. The Balaban J connectivity index is 1.59. The average Bonchev–Trinajstić information content (AvgIpc) is 3.25. The lowest BCUT2D eigenvalue weighted by molar-refractivity contribution is 0.0913. The van der Waals surface area contributed by atoms with Gasteiger partial charge in [-0.1, -0.05) is 22.4 Å². The summed E-state index contributed by atoms with van der Waals surface area (Å²) < 4.78 is 14.9. The number of rotatable bonds is 6. The summed E-state index contributed by atoms with van der Waals surface area (Å²) in [5.74, 6) is 0.611. The molecule has 1 aromatic carbocycles. The second-order valence-corrected chi connectivity index (χ2v) is 4.88. The summed E-state index contributed by atoms with van der Waals surface area (Å²) in [6.45, 7) is 0.268. The summed E-state index contributed by atoms with van der Waals surface area (Å²) in [5, 5.41) is 10.3. The van der Waals surface area contributed by atoms with E-state index in [2.05, 4.69) is 15.6 Å². The number of nitrogens with one attached hydrogen (secondary N) is 1. The maximum atomic E-state index is 12.0. The van der Waals surface area contributed by atoms with Crippen LogP contribution in [0.25, 0.3) is 0 Å². The van der Waals surface area contributed by atoms with Crippen LogP contribution in [0.1, 0.15) is 27.5 Å². The van der Waals surface area contributed by atoms with E-state index in [-0.39, 0.29) is 18.2 Å². The predicted molar refractivity (Wildman–Crippen MR) is 80.0 cm³/mol. The normalized spacial score (nSPS) is 10.5. The average molecular weight is 313 g/mol. The lowest BCUT2D eigenvalue weighted by Gasteiger charge is -2.01. The summed E-state index contributed by atoms with van der Waals surface area (Å²) in [6.07, 6.45) is 2.02. The standard InChI is InChI=1S/C16H15N3O4/c1-21-14-4-2-11(3-5-14)8-13-9-15(23-19-13)16(20)17-10-12-6-7-22-18-12/h2-7,9H,8,10H2,1H3,(H,17,20). The monoisotopic (exact) mass is 313 g/mol. The van der Waals surface area contributed by atoms with Crippen molar-refractivity contribution in [3.05, 3.63) is 65.4 Å². The molecular formula is C16H15N3O4. The first kappa shape index (κ1) is 14.8. The van der Waals surface area contributed by atoms with E-state index in [1.807, 2.05) is 24.3 Å². The number of amides is 1. The van der Waals surface area contributed by atoms with Crippen molar-refractivity contribution in [3.8, 4) is 5.75 Å². The van der Waals surface area contributed by atoms with Crippen molar-refractivity contribution in [2.45, 2.75) is 13.0 Å². The zero-order valence-electron chi connectivity index (χ0n) is 12.5. The molecule has 0 aliphatic carbocycles. The first-order chi connectivity index (χ1) is 11.2. The molecule has 1 N–H and O–H groups in total. The number of hydrogen-bond donors (Lipinski definition) is 1. The van der Waals surface area contributed by atoms with Gasteiger partial charge in [-0.05, 0) is 17.7 Å². The third-order valence-corrected chi connectivity index (χ3v) is 3.25. The fourth-order valence-corrected chi connectivity index (χ4v) is 2.04. The molecule has 0 saturated heterocycles. The fraction of sp³-hybridized carbons (Fsp3) is 0.188. The molecule has 23 heavy (non-hydrogen) atoms. The van der Waals surface area contributed by atoms with Crippen molar-refractivity contribution in [2.75, 3.05) is 7.11 Å². The van der Waals surface area contributed by atoms with Gasteiger partial charge in [0.05, 0.1) is 19.3 Å². The van der Waals surface area contributed by atoms with E-state index in [1.165, 1.54) is 6.26 Å². The molecule has 0 aliphatic rings. The van der Waals surface area contributed by atoms with Crippen molar-refractivity contribution in [1.82, 2.24) is 15.6 Å². The smallest absolute Gasteiger partial charge is 0.290 e. The molecule has 0 bridgehead atoms. The van der Waals surface area contributed by atoms with E-state index >= 15 is 0 Å². The zero-order valence-corrected chi connectivity index (χ0v) is 12.5. The summed E-state index contributed by atoms with van der Waals surface area (Å²) in [4.78, 5) is 12.0. The predicted octanol–water partition coefficient (Wildman–Crippen LogP) is 2.19. The van der Waals surface area contributed by atoms with Crippen molar-refractivity contribution in [2.24, 2.45) is 0 Å². The maximum Gasteiger partial charge on any atom is 0.290 e. The SMILES string of the molecule is COc1ccc(Cc2cc(C(=O)NCc3ccon3)on2)cc1. The van der Waals surface area contributed by atoms with Crippen LogP contribution in [0.2, 0.25) is 0 Å². The minimum Gasteiger partial charge on any atom is -0.497 e. The number of hydrogen-bond acceptors (Lipinski definition) is 6. The van der Waals surface area contributed by atoms with Gasteiger partial charge in [0.15, 0.2) is 0 Å². The molecule has 0 atom stereocenters. The molecule has 7 nitrogen and oxygen atoms in total. The third-order valence-electron chi connectivity index (χ3n) is 3.25. The van der Waals surface area contributed by atoms with Crippen LogP contribution in [0, 0.1) is 0 Å². The number of ether oxygens (including phenoxy) is 1. The Kier molecular flexibility index (Phi) is 4.37. The molecular weight excluding hydrogens is 298 g/mol. The van der Waals surface area contributed by atoms with Crippen LogP contribution in [0.3, 0.4) is 0 Å². The highest BCUT2D eigenvalue weighted by atomic mass is 16.5. The van der Waals surface area contributed by atoms with E-state index < -0.39 is 0 Å². The van der Waals surface area contributed by atoms with Gasteiger partial charge in [-0.2, -0.15) is 0 Å². The van der Waals surface area contributed by atoms with E-state index in [4.69, 9.17) is 13.8 Å². The number of carbonyl (C=O) groups is 1. The lowest BCUT2D eigenvalue weighted by atomic mass is 10.1. The first-order valence-electron chi connectivity index (χ1n) is 7.00. The van der Waals surface area contributed by atoms with Gasteiger partial charge >= 0.3 is 0 Å². The fourth-order valence-electron chi connectivity index (χ4n) is 2.04. The first-order valence-corrected chi connectivity index (χ1v) is 7.00. The molecule has 0 spiro atoms. The number of aromatic nitrogens is 2. The van der Waals surface area contributed by atoms with Gasteiger partial charge in [0, 0.05) is 18.6 Å². The highest BCUT2D eigenvalue weighted by Crippen LogP contribution is 2.15. The van der Waals surface area contributed by atoms with Crippen molar-refractivity contribution in [3.63, 3.8) is 0 Å². The lowest BCUT2D eigenvalue weighted by Crippen LogP contribution is -2.22. The summed E-state index contributed by atoms with van der Waals surface area (Å²) in [6, 6.07) is 10.9. The van der Waals surface area contributed by atoms with Crippen molar-refractivity contribution in [1.29, 1.82) is 0 Å². The molecule has 2 aromatic heterocycles.